The molecule has 19 heavy (non-hydrogen) atoms. The quantitative estimate of drug-likeness (QED) is 0.509. The third-order valence-electron chi connectivity index (χ3n) is 3.50. The Morgan fingerprint density at radius 1 is 1.21 bits per heavy atom. The first-order chi connectivity index (χ1) is 8.39. The standard InChI is InChI=1S/C13H26F3NOSi/c1-7-8-11(17-10-13(14,15)16)9-18-19(5,6)12(2,3)4/h10-11H,7-9H2,1-6H3. The summed E-state index contributed by atoms with van der Waals surface area (Å²) in [6.45, 7) is 12.7. The van der Waals surface area contributed by atoms with Crippen molar-refractivity contribution in [1.29, 1.82) is 0 Å². The number of rotatable bonds is 6. The summed E-state index contributed by atoms with van der Waals surface area (Å²) in [5.41, 5.74) is 0. The first kappa shape index (κ1) is 18.6. The van der Waals surface area contributed by atoms with Crippen LogP contribution in [-0.4, -0.2) is 33.4 Å². The summed E-state index contributed by atoms with van der Waals surface area (Å²) in [6, 6.07) is -0.402. The fourth-order valence-electron chi connectivity index (χ4n) is 1.25. The Hall–Kier alpha value is -0.363. The molecule has 0 aromatic heterocycles. The largest absolute Gasteiger partial charge is 0.426 e. The molecule has 0 saturated heterocycles. The van der Waals surface area contributed by atoms with E-state index in [1.54, 1.807) is 0 Å². The smallest absolute Gasteiger partial charge is 0.415 e. The monoisotopic (exact) mass is 297 g/mol. The van der Waals surface area contributed by atoms with Gasteiger partial charge in [-0.1, -0.05) is 34.1 Å². The zero-order valence-electron chi connectivity index (χ0n) is 12.8. The second-order valence-corrected chi connectivity index (χ2v) is 11.1. The summed E-state index contributed by atoms with van der Waals surface area (Å²) in [5.74, 6) is 0. The molecule has 0 rings (SSSR count). The van der Waals surface area contributed by atoms with Gasteiger partial charge in [0.1, 0.15) is 6.21 Å². The molecule has 0 aromatic carbocycles. The highest BCUT2D eigenvalue weighted by molar-refractivity contribution is 6.74. The molecule has 0 heterocycles. The van der Waals surface area contributed by atoms with Crippen molar-refractivity contribution in [2.45, 2.75) is 70.9 Å². The minimum absolute atomic E-state index is 0.0531. The van der Waals surface area contributed by atoms with E-state index in [4.69, 9.17) is 4.43 Å². The fourth-order valence-corrected chi connectivity index (χ4v) is 2.29. The lowest BCUT2D eigenvalue weighted by Gasteiger charge is -2.36. The topological polar surface area (TPSA) is 21.6 Å². The zero-order chi connectivity index (χ0) is 15.3. The summed E-state index contributed by atoms with van der Waals surface area (Å²) < 4.78 is 42.3. The Morgan fingerprint density at radius 3 is 2.11 bits per heavy atom. The maximum atomic E-state index is 12.1. The molecule has 0 spiro atoms. The molecular weight excluding hydrogens is 271 g/mol. The Morgan fingerprint density at radius 2 is 1.74 bits per heavy atom. The molecule has 0 saturated carbocycles. The van der Waals surface area contributed by atoms with E-state index in [1.807, 2.05) is 6.92 Å². The summed E-state index contributed by atoms with van der Waals surface area (Å²) >= 11 is 0. The molecule has 1 atom stereocenters. The van der Waals surface area contributed by atoms with Crippen LogP contribution < -0.4 is 0 Å². The van der Waals surface area contributed by atoms with Gasteiger partial charge in [-0.25, -0.2) is 0 Å². The molecule has 0 aliphatic rings. The molecule has 0 aliphatic carbocycles. The van der Waals surface area contributed by atoms with Crippen LogP contribution in [0.25, 0.3) is 0 Å². The van der Waals surface area contributed by atoms with E-state index in [0.29, 0.717) is 6.42 Å². The summed E-state index contributed by atoms with van der Waals surface area (Å²) in [6.07, 6.45) is -2.85. The van der Waals surface area contributed by atoms with Gasteiger partial charge >= 0.3 is 6.18 Å². The molecule has 0 N–H and O–H groups in total. The van der Waals surface area contributed by atoms with Gasteiger partial charge in [0.05, 0.1) is 12.6 Å². The normalized spacial score (nSPS) is 16.1. The van der Waals surface area contributed by atoms with Gasteiger partial charge < -0.3 is 4.43 Å². The van der Waals surface area contributed by atoms with Crippen LogP contribution >= 0.6 is 0 Å². The average molecular weight is 297 g/mol. The Bertz CT molecular complexity index is 295. The van der Waals surface area contributed by atoms with Gasteiger partial charge in [-0.05, 0) is 24.6 Å². The van der Waals surface area contributed by atoms with Crippen LogP contribution in [-0.2, 0) is 4.43 Å². The van der Waals surface area contributed by atoms with E-state index >= 15 is 0 Å². The van der Waals surface area contributed by atoms with Crippen molar-refractivity contribution in [3.05, 3.63) is 0 Å². The highest BCUT2D eigenvalue weighted by atomic mass is 28.4. The van der Waals surface area contributed by atoms with Crippen LogP contribution in [0.15, 0.2) is 4.99 Å². The summed E-state index contributed by atoms with van der Waals surface area (Å²) in [5, 5.41) is 0.0531. The Labute approximate surface area is 115 Å². The van der Waals surface area contributed by atoms with Crippen LogP contribution in [0.5, 0.6) is 0 Å². The number of aliphatic imine (C=N–C) groups is 1. The Balaban J connectivity index is 4.58. The van der Waals surface area contributed by atoms with Crippen molar-refractivity contribution in [1.82, 2.24) is 0 Å². The zero-order valence-corrected chi connectivity index (χ0v) is 13.8. The molecule has 2 nitrogen and oxygen atoms in total. The lowest BCUT2D eigenvalue weighted by atomic mass is 10.2. The van der Waals surface area contributed by atoms with Crippen molar-refractivity contribution < 1.29 is 17.6 Å². The van der Waals surface area contributed by atoms with E-state index < -0.39 is 20.5 Å². The van der Waals surface area contributed by atoms with Gasteiger partial charge in [-0.3, -0.25) is 4.99 Å². The molecule has 0 fully saturated rings. The first-order valence-corrected chi connectivity index (χ1v) is 9.55. The summed E-state index contributed by atoms with van der Waals surface area (Å²) in [4.78, 5) is 3.62. The maximum absolute atomic E-state index is 12.1. The van der Waals surface area contributed by atoms with Crippen molar-refractivity contribution in [2.24, 2.45) is 4.99 Å². The molecule has 114 valence electrons. The van der Waals surface area contributed by atoms with E-state index in [0.717, 1.165) is 6.42 Å². The van der Waals surface area contributed by atoms with Crippen LogP contribution in [0.4, 0.5) is 13.2 Å². The van der Waals surface area contributed by atoms with Gasteiger partial charge in [0.15, 0.2) is 8.32 Å². The van der Waals surface area contributed by atoms with Crippen molar-refractivity contribution in [3.63, 3.8) is 0 Å². The number of alkyl halides is 3. The maximum Gasteiger partial charge on any atom is 0.426 e. The predicted molar refractivity (Wildman–Crippen MR) is 76.4 cm³/mol. The van der Waals surface area contributed by atoms with Gasteiger partial charge in [0.2, 0.25) is 0 Å². The van der Waals surface area contributed by atoms with Crippen LogP contribution in [0, 0.1) is 0 Å². The van der Waals surface area contributed by atoms with E-state index in [2.05, 4.69) is 38.9 Å². The van der Waals surface area contributed by atoms with Crippen LogP contribution in [0.2, 0.25) is 18.1 Å². The first-order valence-electron chi connectivity index (χ1n) is 6.64. The second-order valence-electron chi connectivity index (χ2n) is 6.33. The fraction of sp³-hybridized carbons (Fsp3) is 0.923. The number of nitrogens with zero attached hydrogens (tertiary/aromatic N) is 1. The molecule has 0 bridgehead atoms. The molecule has 0 radical (unpaired) electrons. The number of hydrogen-bond acceptors (Lipinski definition) is 2. The minimum atomic E-state index is -4.34. The molecule has 0 aromatic rings. The average Bonchev–Trinajstić information content (AvgIpc) is 2.19. The third kappa shape index (κ3) is 7.72. The van der Waals surface area contributed by atoms with Crippen molar-refractivity contribution in [3.8, 4) is 0 Å². The Kier molecular flexibility index (Phi) is 6.75. The highest BCUT2D eigenvalue weighted by Crippen LogP contribution is 2.36. The van der Waals surface area contributed by atoms with E-state index in [9.17, 15) is 13.2 Å². The van der Waals surface area contributed by atoms with E-state index in [1.165, 1.54) is 0 Å². The van der Waals surface area contributed by atoms with Gasteiger partial charge in [-0.2, -0.15) is 13.2 Å². The number of hydrogen-bond donors (Lipinski definition) is 0. The van der Waals surface area contributed by atoms with Crippen molar-refractivity contribution >= 4 is 14.5 Å². The number of halogens is 3. The van der Waals surface area contributed by atoms with Gasteiger partial charge in [-0.15, -0.1) is 0 Å². The predicted octanol–water partition coefficient (Wildman–Crippen LogP) is 4.81. The van der Waals surface area contributed by atoms with Crippen LogP contribution in [0.3, 0.4) is 0 Å². The molecule has 6 heteroatoms. The van der Waals surface area contributed by atoms with Crippen molar-refractivity contribution in [2.75, 3.05) is 6.61 Å². The molecule has 0 amide bonds. The second kappa shape index (κ2) is 6.88. The lowest BCUT2D eigenvalue weighted by molar-refractivity contribution is -0.0539. The van der Waals surface area contributed by atoms with Gasteiger partial charge in [0, 0.05) is 0 Å². The minimum Gasteiger partial charge on any atom is -0.415 e. The highest BCUT2D eigenvalue weighted by Gasteiger charge is 2.37. The van der Waals surface area contributed by atoms with Crippen LogP contribution in [0.1, 0.15) is 40.5 Å². The van der Waals surface area contributed by atoms with Gasteiger partial charge in [0.25, 0.3) is 0 Å². The third-order valence-corrected chi connectivity index (χ3v) is 8.00. The molecular formula is C13H26F3NOSi. The molecule has 0 aliphatic heterocycles. The van der Waals surface area contributed by atoms with E-state index in [-0.39, 0.29) is 17.9 Å². The SMILES string of the molecule is CCCC(CO[Si](C)(C)C(C)(C)C)N=CC(F)(F)F. The molecule has 1 unspecified atom stereocenters. The summed E-state index contributed by atoms with van der Waals surface area (Å²) in [7, 11) is -1.93. The lowest BCUT2D eigenvalue weighted by Crippen LogP contribution is -2.42.